The normalized spacial score (nSPS) is 11.6. The Kier molecular flexibility index (Phi) is 56.0. The first-order valence-corrected chi connectivity index (χ1v) is 30.3. The van der Waals surface area contributed by atoms with Crippen LogP contribution in [-0.4, -0.2) is 57.1 Å². The van der Waals surface area contributed by atoms with Gasteiger partial charge < -0.3 is 15.3 Å². The molecule has 0 spiro atoms. The Morgan fingerprint density at radius 3 is 0.706 bits per heavy atom. The minimum Gasteiger partial charge on any atom is -0.394 e. The highest BCUT2D eigenvalue weighted by Crippen LogP contribution is 2.34. The number of ketones is 3. The fraction of sp³-hybridized carbons (Fsp3) is 0.933. The second kappa shape index (κ2) is 55.2. The van der Waals surface area contributed by atoms with E-state index in [4.69, 9.17) is 15.3 Å². The number of aliphatic hydroxyl groups is 3. The Balaban J connectivity index is 0. The highest BCUT2D eigenvalue weighted by Gasteiger charge is 2.50. The molecule has 0 aliphatic heterocycles. The van der Waals surface area contributed by atoms with E-state index in [-0.39, 0.29) is 49.8 Å². The standard InChI is InChI=1S/C57H108O4S.C3H8O3/c1-4-7-10-13-16-19-22-25-28-31-34-37-40-43-46-49-53(58)52-57(56(61)62,54(59)50-47-44-41-38-35-32-29-26-23-20-17-14-11-8-5-2)55(60)51-48-45-42-39-36-33-30-27-24-21-18-15-12-9-6-3;4-1-3(6)2-5/h4-52H2,1-3H3,(H,61,62);3-6H,1-2H2. The van der Waals surface area contributed by atoms with Crippen LogP contribution in [0, 0.1) is 5.41 Å². The summed E-state index contributed by atoms with van der Waals surface area (Å²) in [6.07, 6.45) is 55.5. The lowest BCUT2D eigenvalue weighted by molar-refractivity contribution is -0.149. The summed E-state index contributed by atoms with van der Waals surface area (Å²) in [5.74, 6) is -0.845. The molecule has 0 bridgehead atoms. The van der Waals surface area contributed by atoms with Crippen LogP contribution in [0.2, 0.25) is 0 Å². The van der Waals surface area contributed by atoms with Crippen molar-refractivity contribution in [3.63, 3.8) is 0 Å². The van der Waals surface area contributed by atoms with E-state index in [0.717, 1.165) is 57.8 Å². The number of thiol groups is 1. The molecular weight excluding hydrogens is 865 g/mol. The van der Waals surface area contributed by atoms with Crippen LogP contribution in [0.3, 0.4) is 0 Å². The third-order valence-corrected chi connectivity index (χ3v) is 14.7. The van der Waals surface area contributed by atoms with Crippen molar-refractivity contribution in [2.24, 2.45) is 5.41 Å². The zero-order valence-electron chi connectivity index (χ0n) is 45.6. The summed E-state index contributed by atoms with van der Waals surface area (Å²) in [7, 11) is 0. The molecule has 0 saturated carbocycles. The van der Waals surface area contributed by atoms with Crippen LogP contribution in [0.5, 0.6) is 0 Å². The molecule has 0 aliphatic rings. The van der Waals surface area contributed by atoms with Crippen LogP contribution in [0.25, 0.3) is 0 Å². The van der Waals surface area contributed by atoms with E-state index in [9.17, 15) is 19.2 Å². The highest BCUT2D eigenvalue weighted by atomic mass is 32.1. The molecule has 0 amide bonds. The van der Waals surface area contributed by atoms with Gasteiger partial charge in [0.1, 0.15) is 11.9 Å². The Morgan fingerprint density at radius 1 is 0.338 bits per heavy atom. The Hall–Kier alpha value is -1.09. The minimum atomic E-state index is -1.90. The first-order valence-electron chi connectivity index (χ1n) is 29.9. The number of rotatable bonds is 55. The molecule has 0 aromatic rings. The Bertz CT molecular complexity index is 1050. The molecule has 0 fully saturated rings. The van der Waals surface area contributed by atoms with E-state index in [1.165, 1.54) is 218 Å². The van der Waals surface area contributed by atoms with Gasteiger partial charge in [0.25, 0.3) is 0 Å². The zero-order valence-corrected chi connectivity index (χ0v) is 46.5. The summed E-state index contributed by atoms with van der Waals surface area (Å²) in [5, 5.41) is 23.3. The van der Waals surface area contributed by atoms with E-state index in [1.807, 2.05) is 0 Å². The number of carbonyl (C=O) groups is 4. The fourth-order valence-electron chi connectivity index (χ4n) is 9.54. The Labute approximate surface area is 427 Å². The lowest BCUT2D eigenvalue weighted by Crippen LogP contribution is -2.46. The summed E-state index contributed by atoms with van der Waals surface area (Å²) >= 11 is 4.20. The maximum absolute atomic E-state index is 13.9. The van der Waals surface area contributed by atoms with Gasteiger partial charge in [-0.3, -0.25) is 19.2 Å². The molecule has 0 heterocycles. The molecule has 0 radical (unpaired) electrons. The van der Waals surface area contributed by atoms with Gasteiger partial charge in [-0.05, 0) is 19.3 Å². The van der Waals surface area contributed by atoms with Gasteiger partial charge >= 0.3 is 0 Å². The predicted molar refractivity (Wildman–Crippen MR) is 295 cm³/mol. The van der Waals surface area contributed by atoms with Crippen LogP contribution in [0.15, 0.2) is 0 Å². The second-order valence-electron chi connectivity index (χ2n) is 20.9. The van der Waals surface area contributed by atoms with Gasteiger partial charge in [-0.1, -0.05) is 290 Å². The zero-order chi connectivity index (χ0) is 50.4. The fourth-order valence-corrected chi connectivity index (χ4v) is 9.87. The third-order valence-electron chi connectivity index (χ3n) is 14.3. The molecule has 68 heavy (non-hydrogen) atoms. The first kappa shape index (κ1) is 69.0. The van der Waals surface area contributed by atoms with Gasteiger partial charge in [-0.2, -0.15) is 0 Å². The van der Waals surface area contributed by atoms with Crippen LogP contribution in [0.4, 0.5) is 0 Å². The molecule has 404 valence electrons. The molecule has 0 saturated heterocycles. The molecule has 0 rings (SSSR count). The lowest BCUT2D eigenvalue weighted by Gasteiger charge is -2.27. The number of hydrogen-bond acceptors (Lipinski definition) is 7. The van der Waals surface area contributed by atoms with Crippen molar-refractivity contribution in [1.82, 2.24) is 0 Å². The number of unbranched alkanes of at least 4 members (excludes halogenated alkanes) is 42. The molecule has 0 atom stereocenters. The van der Waals surface area contributed by atoms with Gasteiger partial charge in [0.15, 0.2) is 17.0 Å². The number of aliphatic hydroxyl groups excluding tert-OH is 3. The smallest absolute Gasteiger partial charge is 0.207 e. The largest absolute Gasteiger partial charge is 0.394 e. The summed E-state index contributed by atoms with van der Waals surface area (Å²) in [5.41, 5.74) is -1.90. The van der Waals surface area contributed by atoms with Gasteiger partial charge in [0, 0.05) is 25.7 Å². The number of Topliss-reactive ketones (excluding diaryl/α,β-unsaturated/α-hetero) is 3. The minimum absolute atomic E-state index is 0.128. The van der Waals surface area contributed by atoms with E-state index in [0.29, 0.717) is 19.3 Å². The van der Waals surface area contributed by atoms with Crippen molar-refractivity contribution >= 4 is 35.1 Å². The maximum Gasteiger partial charge on any atom is 0.207 e. The van der Waals surface area contributed by atoms with Crippen molar-refractivity contribution in [2.75, 3.05) is 13.2 Å². The Morgan fingerprint density at radius 2 is 0.529 bits per heavy atom. The molecule has 7 nitrogen and oxygen atoms in total. The molecule has 0 unspecified atom stereocenters. The summed E-state index contributed by atoms with van der Waals surface area (Å²) < 4.78 is 0. The van der Waals surface area contributed by atoms with E-state index in [2.05, 4.69) is 33.4 Å². The average Bonchev–Trinajstić information content (AvgIpc) is 3.33. The maximum atomic E-state index is 13.9. The topological polar surface area (TPSA) is 129 Å². The van der Waals surface area contributed by atoms with Crippen molar-refractivity contribution in [2.45, 2.75) is 341 Å². The lowest BCUT2D eigenvalue weighted by atomic mass is 9.72. The van der Waals surface area contributed by atoms with Gasteiger partial charge in [0.05, 0.1) is 13.2 Å². The summed E-state index contributed by atoms with van der Waals surface area (Å²) in [4.78, 5) is 54.6. The monoisotopic (exact) mass is 981 g/mol. The highest BCUT2D eigenvalue weighted by molar-refractivity contribution is 7.97. The van der Waals surface area contributed by atoms with Crippen LogP contribution >= 0.6 is 12.6 Å². The molecule has 0 aliphatic carbocycles. The van der Waals surface area contributed by atoms with Gasteiger partial charge in [0.2, 0.25) is 5.12 Å². The molecule has 8 heteroatoms. The van der Waals surface area contributed by atoms with Gasteiger partial charge in [-0.15, -0.1) is 12.6 Å². The van der Waals surface area contributed by atoms with Crippen molar-refractivity contribution in [3.8, 4) is 0 Å². The molecule has 0 aromatic heterocycles. The summed E-state index contributed by atoms with van der Waals surface area (Å²) in [6, 6.07) is 0. The van der Waals surface area contributed by atoms with E-state index in [1.54, 1.807) is 0 Å². The number of carbonyl (C=O) groups excluding carboxylic acids is 4. The number of hydrogen-bond donors (Lipinski definition) is 4. The van der Waals surface area contributed by atoms with E-state index < -0.39 is 16.6 Å². The summed E-state index contributed by atoms with van der Waals surface area (Å²) in [6.45, 7) is 6.09. The van der Waals surface area contributed by atoms with Crippen molar-refractivity contribution in [3.05, 3.63) is 0 Å². The van der Waals surface area contributed by atoms with Crippen LogP contribution in [-0.2, 0) is 19.2 Å². The average molecular weight is 982 g/mol. The molecular formula is C60H116O7S. The molecule has 3 N–H and O–H groups in total. The van der Waals surface area contributed by atoms with Crippen molar-refractivity contribution < 1.29 is 34.5 Å². The van der Waals surface area contributed by atoms with Crippen LogP contribution < -0.4 is 0 Å². The van der Waals surface area contributed by atoms with E-state index >= 15 is 0 Å². The quantitative estimate of drug-likeness (QED) is 0.0271. The van der Waals surface area contributed by atoms with Crippen LogP contribution in [0.1, 0.15) is 335 Å². The van der Waals surface area contributed by atoms with Crippen molar-refractivity contribution in [1.29, 1.82) is 0 Å². The second-order valence-corrected chi connectivity index (χ2v) is 21.3. The first-order chi connectivity index (χ1) is 33.2. The molecule has 0 aromatic carbocycles. The predicted octanol–water partition coefficient (Wildman–Crippen LogP) is 17.6. The van der Waals surface area contributed by atoms with Gasteiger partial charge in [-0.25, -0.2) is 0 Å². The third kappa shape index (κ3) is 44.8. The SMILES string of the molecule is CCCCCCCCCCCCCCCCCC(=O)CC(C(=O)S)(C(=O)CCCCCCCCCCCCCCCCC)C(=O)CCCCCCCCCCCCCCCCC.OCC(O)CO.